The number of phenols is 1. The van der Waals surface area contributed by atoms with Crippen LogP contribution < -0.4 is 10.6 Å². The summed E-state index contributed by atoms with van der Waals surface area (Å²) in [5.74, 6) is -0.311. The Balaban J connectivity index is 1.88. The normalized spacial score (nSPS) is 15.9. The van der Waals surface area contributed by atoms with Gasteiger partial charge in [0.2, 0.25) is 0 Å². The van der Waals surface area contributed by atoms with Gasteiger partial charge in [0.15, 0.2) is 5.11 Å². The molecule has 1 heterocycles. The molecule has 0 bridgehead atoms. The summed E-state index contributed by atoms with van der Waals surface area (Å²) in [6.07, 6.45) is 1.51. The summed E-state index contributed by atoms with van der Waals surface area (Å²) >= 11 is 4.86. The van der Waals surface area contributed by atoms with Crippen LogP contribution in [-0.2, 0) is 4.79 Å². The predicted octanol–water partition coefficient (Wildman–Crippen LogP) is 3.15. The molecule has 114 valence electrons. The highest BCUT2D eigenvalue weighted by atomic mass is 32.1. The van der Waals surface area contributed by atoms with Crippen LogP contribution in [0.15, 0.2) is 64.5 Å². The van der Waals surface area contributed by atoms with E-state index in [1.807, 2.05) is 30.3 Å². The summed E-state index contributed by atoms with van der Waals surface area (Å²) in [7, 11) is 0. The van der Waals surface area contributed by atoms with Gasteiger partial charge in [0, 0.05) is 5.56 Å². The number of carbonyl (C=O) groups is 1. The lowest BCUT2D eigenvalue weighted by atomic mass is 10.1. The number of azo groups is 1. The van der Waals surface area contributed by atoms with E-state index in [9.17, 15) is 9.90 Å². The molecular formula is C16H12N4O2S. The number of hydrogen-bond donors (Lipinski definition) is 3. The number of hydrogen-bond acceptors (Lipinski definition) is 5. The Bertz CT molecular complexity index is 831. The summed E-state index contributed by atoms with van der Waals surface area (Å²) in [5.41, 5.74) is 1.99. The van der Waals surface area contributed by atoms with Crippen molar-refractivity contribution in [3.05, 3.63) is 59.8 Å². The first kappa shape index (κ1) is 14.9. The highest BCUT2D eigenvalue weighted by Gasteiger charge is 2.20. The van der Waals surface area contributed by atoms with Gasteiger partial charge in [-0.05, 0) is 48.6 Å². The van der Waals surface area contributed by atoms with Crippen LogP contribution in [-0.4, -0.2) is 16.1 Å². The number of carbonyl (C=O) groups excluding carboxylic acids is 1. The molecule has 0 radical (unpaired) electrons. The number of rotatable bonds is 3. The topological polar surface area (TPSA) is 86.1 Å². The molecule has 3 rings (SSSR count). The molecular weight excluding hydrogens is 312 g/mol. The van der Waals surface area contributed by atoms with Crippen LogP contribution in [0.1, 0.15) is 5.56 Å². The van der Waals surface area contributed by atoms with Gasteiger partial charge >= 0.3 is 0 Å². The number of amides is 1. The highest BCUT2D eigenvalue weighted by molar-refractivity contribution is 7.80. The first-order valence-electron chi connectivity index (χ1n) is 6.76. The lowest BCUT2D eigenvalue weighted by Crippen LogP contribution is -2.21. The molecule has 2 aromatic rings. The minimum Gasteiger partial charge on any atom is -0.507 e. The van der Waals surface area contributed by atoms with Crippen molar-refractivity contribution in [1.82, 2.24) is 10.6 Å². The summed E-state index contributed by atoms with van der Waals surface area (Å²) in [6, 6.07) is 14.1. The number of nitrogens with one attached hydrogen (secondary N) is 2. The average Bonchev–Trinajstić information content (AvgIpc) is 2.86. The largest absolute Gasteiger partial charge is 0.507 e. The molecule has 0 spiro atoms. The van der Waals surface area contributed by atoms with E-state index in [-0.39, 0.29) is 22.5 Å². The van der Waals surface area contributed by atoms with Crippen LogP contribution in [0.2, 0.25) is 0 Å². The van der Waals surface area contributed by atoms with Crippen LogP contribution in [0.5, 0.6) is 5.75 Å². The van der Waals surface area contributed by atoms with Crippen molar-refractivity contribution in [1.29, 1.82) is 0 Å². The summed E-state index contributed by atoms with van der Waals surface area (Å²) in [6.45, 7) is 0. The predicted molar refractivity (Wildman–Crippen MR) is 90.6 cm³/mol. The van der Waals surface area contributed by atoms with Gasteiger partial charge in [-0.15, -0.1) is 0 Å². The zero-order valence-corrected chi connectivity index (χ0v) is 12.7. The van der Waals surface area contributed by atoms with Gasteiger partial charge in [-0.1, -0.05) is 18.2 Å². The van der Waals surface area contributed by atoms with Gasteiger partial charge in [0.1, 0.15) is 11.4 Å². The molecule has 6 nitrogen and oxygen atoms in total. The van der Waals surface area contributed by atoms with Crippen molar-refractivity contribution in [2.75, 3.05) is 0 Å². The molecule has 0 aliphatic carbocycles. The lowest BCUT2D eigenvalue weighted by Gasteiger charge is -2.02. The SMILES string of the molecule is O=C1NC(=S)NC1=Cc1cc(N=Nc2ccccc2)ccc1O. The second kappa shape index (κ2) is 6.37. The Labute approximate surface area is 137 Å². The van der Waals surface area contributed by atoms with Crippen molar-refractivity contribution in [2.24, 2.45) is 10.2 Å². The van der Waals surface area contributed by atoms with E-state index >= 15 is 0 Å². The Hall–Kier alpha value is -3.06. The molecule has 1 aliphatic heterocycles. The van der Waals surface area contributed by atoms with Crippen LogP contribution in [0.4, 0.5) is 11.4 Å². The van der Waals surface area contributed by atoms with Gasteiger partial charge in [-0.25, -0.2) is 0 Å². The summed E-state index contributed by atoms with van der Waals surface area (Å²) < 4.78 is 0. The first-order chi connectivity index (χ1) is 11.1. The van der Waals surface area contributed by atoms with Gasteiger partial charge in [0.25, 0.3) is 5.91 Å². The van der Waals surface area contributed by atoms with Gasteiger partial charge in [-0.2, -0.15) is 10.2 Å². The van der Waals surface area contributed by atoms with E-state index in [1.54, 1.807) is 12.1 Å². The van der Waals surface area contributed by atoms with Gasteiger partial charge < -0.3 is 10.4 Å². The molecule has 1 saturated heterocycles. The first-order valence-corrected chi connectivity index (χ1v) is 7.16. The Morgan fingerprint density at radius 3 is 2.43 bits per heavy atom. The fourth-order valence-electron chi connectivity index (χ4n) is 1.97. The quantitative estimate of drug-likeness (QED) is 0.460. The molecule has 0 aromatic heterocycles. The number of phenolic OH excluding ortho intramolecular Hbond substituents is 1. The number of nitrogens with zero attached hydrogens (tertiary/aromatic N) is 2. The van der Waals surface area contributed by atoms with E-state index in [2.05, 4.69) is 20.9 Å². The highest BCUT2D eigenvalue weighted by Crippen LogP contribution is 2.27. The molecule has 0 unspecified atom stereocenters. The Kier molecular flexibility index (Phi) is 4.11. The van der Waals surface area contributed by atoms with Crippen molar-refractivity contribution < 1.29 is 9.90 Å². The second-order valence-electron chi connectivity index (χ2n) is 4.74. The number of thiocarbonyl (C=S) groups is 1. The monoisotopic (exact) mass is 324 g/mol. The van der Waals surface area contributed by atoms with E-state index < -0.39 is 0 Å². The van der Waals surface area contributed by atoms with Crippen LogP contribution in [0.3, 0.4) is 0 Å². The smallest absolute Gasteiger partial charge is 0.273 e. The van der Waals surface area contributed by atoms with E-state index in [0.717, 1.165) is 5.69 Å². The Morgan fingerprint density at radius 2 is 1.74 bits per heavy atom. The fourth-order valence-corrected chi connectivity index (χ4v) is 2.17. The minimum atomic E-state index is -0.342. The van der Waals surface area contributed by atoms with Crippen molar-refractivity contribution >= 4 is 40.7 Å². The maximum absolute atomic E-state index is 11.6. The van der Waals surface area contributed by atoms with Crippen molar-refractivity contribution in [3.63, 3.8) is 0 Å². The van der Waals surface area contributed by atoms with Crippen molar-refractivity contribution in [2.45, 2.75) is 0 Å². The van der Waals surface area contributed by atoms with Crippen molar-refractivity contribution in [3.8, 4) is 5.75 Å². The van der Waals surface area contributed by atoms with Crippen LogP contribution in [0, 0.1) is 0 Å². The molecule has 2 aromatic carbocycles. The molecule has 1 amide bonds. The third kappa shape index (κ3) is 3.58. The van der Waals surface area contributed by atoms with E-state index in [1.165, 1.54) is 12.1 Å². The van der Waals surface area contributed by atoms with E-state index in [4.69, 9.17) is 12.2 Å². The Morgan fingerprint density at radius 1 is 1.00 bits per heavy atom. The standard InChI is InChI=1S/C16H12N4O2S/c21-14-7-6-12(20-19-11-4-2-1-3-5-11)8-10(14)9-13-15(22)18-16(23)17-13/h1-9,21H,(H2,17,18,22,23). The second-order valence-corrected chi connectivity index (χ2v) is 5.15. The average molecular weight is 324 g/mol. The summed E-state index contributed by atoms with van der Waals surface area (Å²) in [5, 5.41) is 23.6. The van der Waals surface area contributed by atoms with Crippen LogP contribution >= 0.6 is 12.2 Å². The summed E-state index contributed by atoms with van der Waals surface area (Å²) in [4.78, 5) is 11.6. The van der Waals surface area contributed by atoms with Crippen LogP contribution in [0.25, 0.3) is 6.08 Å². The molecule has 1 fully saturated rings. The maximum atomic E-state index is 11.6. The number of aromatic hydroxyl groups is 1. The number of benzene rings is 2. The molecule has 23 heavy (non-hydrogen) atoms. The lowest BCUT2D eigenvalue weighted by molar-refractivity contribution is -0.115. The third-order valence-electron chi connectivity index (χ3n) is 3.07. The molecule has 0 atom stereocenters. The maximum Gasteiger partial charge on any atom is 0.273 e. The minimum absolute atomic E-state index is 0.0311. The van der Waals surface area contributed by atoms with Gasteiger partial charge in [0.05, 0.1) is 11.4 Å². The van der Waals surface area contributed by atoms with Gasteiger partial charge in [-0.3, -0.25) is 10.1 Å². The molecule has 3 N–H and O–H groups in total. The third-order valence-corrected chi connectivity index (χ3v) is 3.27. The fraction of sp³-hybridized carbons (Fsp3) is 0. The molecule has 1 aliphatic rings. The molecule has 0 saturated carbocycles. The zero-order valence-electron chi connectivity index (χ0n) is 11.9. The zero-order chi connectivity index (χ0) is 16.2. The van der Waals surface area contributed by atoms with E-state index in [0.29, 0.717) is 11.3 Å². The molecule has 7 heteroatoms.